The molecular formula is C11H16N4O2. The summed E-state index contributed by atoms with van der Waals surface area (Å²) in [7, 11) is 1.78. The summed E-state index contributed by atoms with van der Waals surface area (Å²) in [6.07, 6.45) is 3.50. The van der Waals surface area contributed by atoms with Crippen LogP contribution in [0.25, 0.3) is 0 Å². The number of ketones is 1. The first-order valence-corrected chi connectivity index (χ1v) is 5.67. The van der Waals surface area contributed by atoms with Gasteiger partial charge >= 0.3 is 0 Å². The molecule has 0 radical (unpaired) electrons. The molecule has 6 heteroatoms. The Balaban J connectivity index is 1.92. The lowest BCUT2D eigenvalue weighted by Crippen LogP contribution is -2.49. The molecule has 6 nitrogen and oxygen atoms in total. The Hall–Kier alpha value is -1.69. The molecule has 0 spiro atoms. The van der Waals surface area contributed by atoms with E-state index in [1.807, 2.05) is 0 Å². The van der Waals surface area contributed by atoms with E-state index in [0.717, 1.165) is 18.7 Å². The predicted molar refractivity (Wildman–Crippen MR) is 61.4 cm³/mol. The topological polar surface area (TPSA) is 67.2 Å². The van der Waals surface area contributed by atoms with E-state index < -0.39 is 0 Å². The van der Waals surface area contributed by atoms with Gasteiger partial charge in [-0.15, -0.1) is 0 Å². The SMILES string of the molecule is Cn1cc(CC(=O)C(=O)N2CCNCC2)cn1. The number of Topliss-reactive ketones (excluding diaryl/α,β-unsaturated/α-hetero) is 1. The highest BCUT2D eigenvalue weighted by molar-refractivity contribution is 6.36. The molecule has 1 aliphatic rings. The lowest BCUT2D eigenvalue weighted by molar-refractivity contribution is -0.144. The smallest absolute Gasteiger partial charge is 0.290 e. The number of nitrogens with zero attached hydrogens (tertiary/aromatic N) is 3. The Morgan fingerprint density at radius 1 is 1.41 bits per heavy atom. The van der Waals surface area contributed by atoms with Crippen LogP contribution < -0.4 is 5.32 Å². The average molecular weight is 236 g/mol. The highest BCUT2D eigenvalue weighted by atomic mass is 16.2. The monoisotopic (exact) mass is 236 g/mol. The van der Waals surface area contributed by atoms with Crippen molar-refractivity contribution < 1.29 is 9.59 Å². The van der Waals surface area contributed by atoms with Gasteiger partial charge in [-0.25, -0.2) is 0 Å². The Kier molecular flexibility index (Phi) is 3.53. The fourth-order valence-electron chi connectivity index (χ4n) is 1.87. The van der Waals surface area contributed by atoms with E-state index in [0.29, 0.717) is 13.1 Å². The molecule has 1 aromatic rings. The first-order chi connectivity index (χ1) is 8.16. The van der Waals surface area contributed by atoms with Crippen molar-refractivity contribution in [2.24, 2.45) is 7.05 Å². The van der Waals surface area contributed by atoms with Crippen molar-refractivity contribution >= 4 is 11.7 Å². The van der Waals surface area contributed by atoms with Crippen LogP contribution in [0.1, 0.15) is 5.56 Å². The van der Waals surface area contributed by atoms with Crippen LogP contribution in [0.4, 0.5) is 0 Å². The fourth-order valence-corrected chi connectivity index (χ4v) is 1.87. The van der Waals surface area contributed by atoms with Crippen LogP contribution in [0.3, 0.4) is 0 Å². The summed E-state index contributed by atoms with van der Waals surface area (Å²) in [5, 5.41) is 7.11. The molecule has 1 amide bonds. The Morgan fingerprint density at radius 3 is 2.71 bits per heavy atom. The molecule has 0 aliphatic carbocycles. The van der Waals surface area contributed by atoms with Crippen LogP contribution >= 0.6 is 0 Å². The number of hydrogen-bond donors (Lipinski definition) is 1. The Labute approximate surface area is 99.6 Å². The van der Waals surface area contributed by atoms with Crippen LogP contribution in [0.5, 0.6) is 0 Å². The number of rotatable bonds is 3. The number of nitrogens with one attached hydrogen (secondary N) is 1. The second kappa shape index (κ2) is 5.09. The van der Waals surface area contributed by atoms with Crippen LogP contribution in [0.2, 0.25) is 0 Å². The van der Waals surface area contributed by atoms with Crippen molar-refractivity contribution in [3.8, 4) is 0 Å². The molecular weight excluding hydrogens is 220 g/mol. The van der Waals surface area contributed by atoms with E-state index in [9.17, 15) is 9.59 Å². The van der Waals surface area contributed by atoms with Gasteiger partial charge in [0.05, 0.1) is 6.20 Å². The van der Waals surface area contributed by atoms with E-state index in [2.05, 4.69) is 10.4 Å². The van der Waals surface area contributed by atoms with Gasteiger partial charge in [-0.3, -0.25) is 14.3 Å². The summed E-state index contributed by atoms with van der Waals surface area (Å²) >= 11 is 0. The first-order valence-electron chi connectivity index (χ1n) is 5.67. The number of amides is 1. The lowest BCUT2D eigenvalue weighted by atomic mass is 10.1. The third kappa shape index (κ3) is 2.91. The lowest BCUT2D eigenvalue weighted by Gasteiger charge is -2.26. The van der Waals surface area contributed by atoms with E-state index >= 15 is 0 Å². The predicted octanol–water partition coefficient (Wildman–Crippen LogP) is -1.04. The summed E-state index contributed by atoms with van der Waals surface area (Å²) in [6.45, 7) is 2.73. The fraction of sp³-hybridized carbons (Fsp3) is 0.545. The minimum absolute atomic E-state index is 0.136. The van der Waals surface area contributed by atoms with Gasteiger partial charge in [-0.2, -0.15) is 5.10 Å². The van der Waals surface area contributed by atoms with Crippen LogP contribution in [-0.2, 0) is 23.1 Å². The zero-order chi connectivity index (χ0) is 12.3. The number of piperazine rings is 1. The molecule has 17 heavy (non-hydrogen) atoms. The third-order valence-electron chi connectivity index (χ3n) is 2.77. The normalized spacial score (nSPS) is 15.9. The summed E-state index contributed by atoms with van der Waals surface area (Å²) in [5.74, 6) is -0.741. The number of carbonyl (C=O) groups is 2. The van der Waals surface area contributed by atoms with Crippen molar-refractivity contribution in [3.05, 3.63) is 18.0 Å². The first kappa shape index (κ1) is 11.8. The second-order valence-electron chi connectivity index (χ2n) is 4.16. The van der Waals surface area contributed by atoms with Gasteiger partial charge in [0.2, 0.25) is 5.78 Å². The van der Waals surface area contributed by atoms with E-state index in [1.54, 1.807) is 29.0 Å². The maximum Gasteiger partial charge on any atom is 0.290 e. The molecule has 0 aromatic carbocycles. The molecule has 1 aliphatic heterocycles. The maximum atomic E-state index is 11.8. The quantitative estimate of drug-likeness (QED) is 0.681. The Morgan fingerprint density at radius 2 is 2.12 bits per heavy atom. The van der Waals surface area contributed by atoms with Crippen molar-refractivity contribution in [1.29, 1.82) is 0 Å². The summed E-state index contributed by atoms with van der Waals surface area (Å²) in [6, 6.07) is 0. The molecule has 1 fully saturated rings. The molecule has 0 bridgehead atoms. The molecule has 2 rings (SSSR count). The largest absolute Gasteiger partial charge is 0.334 e. The number of aromatic nitrogens is 2. The van der Waals surface area contributed by atoms with Gasteiger partial charge in [-0.05, 0) is 5.56 Å². The zero-order valence-electron chi connectivity index (χ0n) is 9.85. The van der Waals surface area contributed by atoms with Gasteiger partial charge in [0, 0.05) is 45.8 Å². The van der Waals surface area contributed by atoms with Crippen molar-refractivity contribution in [2.45, 2.75) is 6.42 Å². The van der Waals surface area contributed by atoms with E-state index in [4.69, 9.17) is 0 Å². The summed E-state index contributed by atoms with van der Waals surface area (Å²) in [4.78, 5) is 25.2. The summed E-state index contributed by atoms with van der Waals surface area (Å²) in [5.41, 5.74) is 0.779. The zero-order valence-corrected chi connectivity index (χ0v) is 9.85. The highest BCUT2D eigenvalue weighted by Crippen LogP contribution is 2.02. The van der Waals surface area contributed by atoms with Gasteiger partial charge in [-0.1, -0.05) is 0 Å². The van der Waals surface area contributed by atoms with Gasteiger partial charge < -0.3 is 10.2 Å². The number of carbonyl (C=O) groups excluding carboxylic acids is 2. The molecule has 1 N–H and O–H groups in total. The van der Waals surface area contributed by atoms with Crippen molar-refractivity contribution in [2.75, 3.05) is 26.2 Å². The minimum Gasteiger partial charge on any atom is -0.334 e. The number of hydrogen-bond acceptors (Lipinski definition) is 4. The molecule has 0 atom stereocenters. The highest BCUT2D eigenvalue weighted by Gasteiger charge is 2.23. The van der Waals surface area contributed by atoms with Crippen molar-refractivity contribution in [3.63, 3.8) is 0 Å². The molecule has 0 unspecified atom stereocenters. The molecule has 2 heterocycles. The summed E-state index contributed by atoms with van der Waals surface area (Å²) < 4.78 is 1.62. The van der Waals surface area contributed by atoms with E-state index in [-0.39, 0.29) is 18.1 Å². The van der Waals surface area contributed by atoms with Crippen molar-refractivity contribution in [1.82, 2.24) is 20.0 Å². The average Bonchev–Trinajstić information content (AvgIpc) is 2.75. The Bertz CT molecular complexity index is 421. The van der Waals surface area contributed by atoms with Crippen LogP contribution in [0.15, 0.2) is 12.4 Å². The van der Waals surface area contributed by atoms with Crippen LogP contribution in [-0.4, -0.2) is 52.5 Å². The standard InChI is InChI=1S/C11H16N4O2/c1-14-8-9(7-13-14)6-10(16)11(17)15-4-2-12-3-5-15/h7-8,12H,2-6H2,1H3. The second-order valence-corrected chi connectivity index (χ2v) is 4.16. The van der Waals surface area contributed by atoms with Crippen LogP contribution in [0, 0.1) is 0 Å². The number of aryl methyl sites for hydroxylation is 1. The molecule has 1 saturated heterocycles. The van der Waals surface area contributed by atoms with Gasteiger partial charge in [0.25, 0.3) is 5.91 Å². The molecule has 92 valence electrons. The van der Waals surface area contributed by atoms with E-state index in [1.165, 1.54) is 0 Å². The molecule has 1 aromatic heterocycles. The van der Waals surface area contributed by atoms with Gasteiger partial charge in [0.15, 0.2) is 0 Å². The third-order valence-corrected chi connectivity index (χ3v) is 2.77. The minimum atomic E-state index is -0.379. The maximum absolute atomic E-state index is 11.8. The molecule has 0 saturated carbocycles. The van der Waals surface area contributed by atoms with Gasteiger partial charge in [0.1, 0.15) is 0 Å².